The van der Waals surface area contributed by atoms with Gasteiger partial charge in [-0.2, -0.15) is 0 Å². The summed E-state index contributed by atoms with van der Waals surface area (Å²) in [6.45, 7) is 0.779. The molecule has 0 atom stereocenters. The minimum Gasteiger partial charge on any atom is -0.468 e. The predicted molar refractivity (Wildman–Crippen MR) is 113 cm³/mol. The quantitative estimate of drug-likeness (QED) is 0.589. The maximum Gasteiger partial charge on any atom is 0.257 e. The van der Waals surface area contributed by atoms with E-state index in [0.29, 0.717) is 48.8 Å². The third-order valence-electron chi connectivity index (χ3n) is 5.25. The van der Waals surface area contributed by atoms with E-state index in [-0.39, 0.29) is 11.7 Å². The molecule has 30 heavy (non-hydrogen) atoms. The zero-order valence-electron chi connectivity index (χ0n) is 16.4. The molecule has 0 saturated carbocycles. The van der Waals surface area contributed by atoms with Crippen molar-refractivity contribution in [2.75, 3.05) is 13.1 Å². The Morgan fingerprint density at radius 1 is 0.967 bits per heavy atom. The van der Waals surface area contributed by atoms with Gasteiger partial charge in [-0.25, -0.2) is 8.42 Å². The van der Waals surface area contributed by atoms with E-state index in [0.717, 1.165) is 0 Å². The van der Waals surface area contributed by atoms with Crippen molar-refractivity contribution in [3.63, 3.8) is 0 Å². The van der Waals surface area contributed by atoms with E-state index in [1.807, 2.05) is 36.4 Å². The molecule has 0 unspecified atom stereocenters. The molecule has 1 aliphatic rings. The van der Waals surface area contributed by atoms with Gasteiger partial charge in [0.1, 0.15) is 23.0 Å². The molecule has 0 N–H and O–H groups in total. The number of ether oxygens (including phenoxy) is 1. The summed E-state index contributed by atoms with van der Waals surface area (Å²) in [7, 11) is -3.33. The number of amides is 1. The fraction of sp³-hybridized carbons (Fsp3) is 0.261. The first kappa shape index (κ1) is 20.2. The van der Waals surface area contributed by atoms with Crippen molar-refractivity contribution in [2.24, 2.45) is 0 Å². The third kappa shape index (κ3) is 4.57. The molecule has 1 aromatic heterocycles. The SMILES string of the molecule is O=C(c1ccccc1Oc1ccccc1)N1CCC(S(=O)(=O)Cc2ccco2)CC1. The Kier molecular flexibility index (Phi) is 5.90. The average Bonchev–Trinajstić information content (AvgIpc) is 3.27. The summed E-state index contributed by atoms with van der Waals surface area (Å²) in [6.07, 6.45) is 2.30. The summed E-state index contributed by atoms with van der Waals surface area (Å²) < 4.78 is 36.4. The first-order chi connectivity index (χ1) is 14.5. The minimum absolute atomic E-state index is 0.105. The molecule has 0 radical (unpaired) electrons. The maximum atomic E-state index is 13.1. The number of hydrogen-bond acceptors (Lipinski definition) is 5. The average molecular weight is 426 g/mol. The number of para-hydroxylation sites is 2. The summed E-state index contributed by atoms with van der Waals surface area (Å²) in [5, 5.41) is -0.470. The van der Waals surface area contributed by atoms with E-state index >= 15 is 0 Å². The summed E-state index contributed by atoms with van der Waals surface area (Å²) in [5.74, 6) is 1.33. The van der Waals surface area contributed by atoms with Crippen molar-refractivity contribution >= 4 is 15.7 Å². The number of carbonyl (C=O) groups excluding carboxylic acids is 1. The van der Waals surface area contributed by atoms with Crippen molar-refractivity contribution in [3.8, 4) is 11.5 Å². The van der Waals surface area contributed by atoms with Gasteiger partial charge < -0.3 is 14.1 Å². The molecule has 3 aromatic rings. The van der Waals surface area contributed by atoms with Crippen LogP contribution in [0.5, 0.6) is 11.5 Å². The molecule has 1 amide bonds. The van der Waals surface area contributed by atoms with Crippen LogP contribution in [-0.2, 0) is 15.6 Å². The van der Waals surface area contributed by atoms with E-state index in [1.165, 1.54) is 6.26 Å². The van der Waals surface area contributed by atoms with Crippen LogP contribution in [0.1, 0.15) is 29.0 Å². The summed E-state index contributed by atoms with van der Waals surface area (Å²) >= 11 is 0. The molecule has 156 valence electrons. The highest BCUT2D eigenvalue weighted by molar-refractivity contribution is 7.91. The van der Waals surface area contributed by atoms with Crippen molar-refractivity contribution in [2.45, 2.75) is 23.8 Å². The Hall–Kier alpha value is -3.06. The molecule has 1 saturated heterocycles. The van der Waals surface area contributed by atoms with Gasteiger partial charge in [-0.1, -0.05) is 30.3 Å². The van der Waals surface area contributed by atoms with Crippen LogP contribution in [0.2, 0.25) is 0 Å². The van der Waals surface area contributed by atoms with Crippen LogP contribution < -0.4 is 4.74 Å². The van der Waals surface area contributed by atoms with E-state index in [4.69, 9.17) is 9.15 Å². The monoisotopic (exact) mass is 425 g/mol. The van der Waals surface area contributed by atoms with Gasteiger partial charge in [0.2, 0.25) is 0 Å². The molecule has 0 aliphatic carbocycles. The second kappa shape index (κ2) is 8.75. The topological polar surface area (TPSA) is 76.8 Å². The van der Waals surface area contributed by atoms with Crippen LogP contribution >= 0.6 is 0 Å². The lowest BCUT2D eigenvalue weighted by molar-refractivity contribution is 0.0723. The van der Waals surface area contributed by atoms with Crippen LogP contribution in [0.15, 0.2) is 77.4 Å². The lowest BCUT2D eigenvalue weighted by atomic mass is 10.1. The largest absolute Gasteiger partial charge is 0.468 e. The van der Waals surface area contributed by atoms with Gasteiger partial charge in [-0.3, -0.25) is 4.79 Å². The standard InChI is InChI=1S/C23H23NO5S/c25-23(21-10-4-5-11-22(21)29-18-7-2-1-3-8-18)24-14-12-20(13-15-24)30(26,27)17-19-9-6-16-28-19/h1-11,16,20H,12-15,17H2. The van der Waals surface area contributed by atoms with Crippen molar-refractivity contribution in [1.29, 1.82) is 0 Å². The lowest BCUT2D eigenvalue weighted by Gasteiger charge is -2.32. The highest BCUT2D eigenvalue weighted by Crippen LogP contribution is 2.28. The Morgan fingerprint density at radius 3 is 2.37 bits per heavy atom. The van der Waals surface area contributed by atoms with Gasteiger partial charge in [0, 0.05) is 13.1 Å². The first-order valence-corrected chi connectivity index (χ1v) is 11.6. The molecule has 2 aromatic carbocycles. The Labute approximate surface area is 176 Å². The summed E-state index contributed by atoms with van der Waals surface area (Å²) in [4.78, 5) is 14.8. The van der Waals surface area contributed by atoms with E-state index in [1.54, 1.807) is 35.2 Å². The molecule has 0 bridgehead atoms. The molecular weight excluding hydrogens is 402 g/mol. The van der Waals surface area contributed by atoms with Gasteiger partial charge in [-0.05, 0) is 49.2 Å². The van der Waals surface area contributed by atoms with Crippen LogP contribution in [-0.4, -0.2) is 37.6 Å². The Bertz CT molecular complexity index is 1090. The fourth-order valence-corrected chi connectivity index (χ4v) is 5.37. The second-order valence-electron chi connectivity index (χ2n) is 7.29. The van der Waals surface area contributed by atoms with Crippen molar-refractivity contribution < 1.29 is 22.4 Å². The molecule has 6 nitrogen and oxygen atoms in total. The number of piperidine rings is 1. The van der Waals surface area contributed by atoms with Gasteiger partial charge in [0.15, 0.2) is 9.84 Å². The van der Waals surface area contributed by atoms with Gasteiger partial charge in [0.05, 0.1) is 17.1 Å². The Morgan fingerprint density at radius 2 is 1.67 bits per heavy atom. The van der Waals surface area contributed by atoms with Crippen LogP contribution in [0.25, 0.3) is 0 Å². The molecule has 2 heterocycles. The van der Waals surface area contributed by atoms with Gasteiger partial charge in [0.25, 0.3) is 5.91 Å². The molecule has 0 spiro atoms. The maximum absolute atomic E-state index is 13.1. The molecule has 1 aliphatic heterocycles. The summed E-state index contributed by atoms with van der Waals surface area (Å²) in [6, 6.07) is 19.8. The van der Waals surface area contributed by atoms with Gasteiger partial charge >= 0.3 is 0 Å². The zero-order valence-corrected chi connectivity index (χ0v) is 17.3. The van der Waals surface area contributed by atoms with Gasteiger partial charge in [-0.15, -0.1) is 0 Å². The summed E-state index contributed by atoms with van der Waals surface area (Å²) in [5.41, 5.74) is 0.471. The molecular formula is C23H23NO5S. The van der Waals surface area contributed by atoms with E-state index < -0.39 is 15.1 Å². The lowest BCUT2D eigenvalue weighted by Crippen LogP contribution is -2.42. The fourth-order valence-electron chi connectivity index (χ4n) is 3.65. The van der Waals surface area contributed by atoms with Crippen LogP contribution in [0.3, 0.4) is 0 Å². The number of likely N-dealkylation sites (tertiary alicyclic amines) is 1. The first-order valence-electron chi connectivity index (χ1n) is 9.88. The molecule has 1 fully saturated rings. The van der Waals surface area contributed by atoms with E-state index in [9.17, 15) is 13.2 Å². The number of rotatable bonds is 6. The van der Waals surface area contributed by atoms with Crippen LogP contribution in [0, 0.1) is 0 Å². The number of carbonyl (C=O) groups is 1. The predicted octanol–water partition coefficient (Wildman–Crippen LogP) is 4.29. The Balaban J connectivity index is 1.42. The smallest absolute Gasteiger partial charge is 0.257 e. The normalized spacial score (nSPS) is 15.1. The van der Waals surface area contributed by atoms with E-state index in [2.05, 4.69) is 0 Å². The van der Waals surface area contributed by atoms with Crippen molar-refractivity contribution in [1.82, 2.24) is 4.90 Å². The number of nitrogens with zero attached hydrogens (tertiary/aromatic N) is 1. The van der Waals surface area contributed by atoms with Crippen molar-refractivity contribution in [3.05, 3.63) is 84.3 Å². The minimum atomic E-state index is -3.33. The van der Waals surface area contributed by atoms with Crippen LogP contribution in [0.4, 0.5) is 0 Å². The third-order valence-corrected chi connectivity index (χ3v) is 7.42. The number of sulfone groups is 1. The number of hydrogen-bond donors (Lipinski definition) is 0. The highest BCUT2D eigenvalue weighted by Gasteiger charge is 2.33. The second-order valence-corrected chi connectivity index (χ2v) is 9.57. The number of furan rings is 1. The number of benzene rings is 2. The molecule has 4 rings (SSSR count). The molecule has 7 heteroatoms. The highest BCUT2D eigenvalue weighted by atomic mass is 32.2. The zero-order chi connectivity index (χ0) is 21.0.